The molecule has 2 rings (SSSR count). The molecule has 3 nitrogen and oxygen atoms in total. The lowest BCUT2D eigenvalue weighted by molar-refractivity contribution is -0.124. The smallest absolute Gasteiger partial charge is 0.200 e. The first-order valence-electron chi connectivity index (χ1n) is 5.35. The average Bonchev–Trinajstić information content (AvgIpc) is 2.84. The first-order valence-corrected chi connectivity index (χ1v) is 5.35. The number of ketones is 1. The summed E-state index contributed by atoms with van der Waals surface area (Å²) in [5.74, 6) is -2.63. The highest BCUT2D eigenvalue weighted by Crippen LogP contribution is 2.20. The number of rotatable bonds is 4. The lowest BCUT2D eigenvalue weighted by Gasteiger charge is -2.09. The summed E-state index contributed by atoms with van der Waals surface area (Å²) in [5.41, 5.74) is 0. The predicted molar refractivity (Wildman–Crippen MR) is 55.8 cm³/mol. The second-order valence-corrected chi connectivity index (χ2v) is 3.87. The molecule has 1 unspecified atom stereocenters. The van der Waals surface area contributed by atoms with Gasteiger partial charge in [0.25, 0.3) is 0 Å². The van der Waals surface area contributed by atoms with E-state index in [1.165, 1.54) is 12.1 Å². The fraction of sp³-hybridized carbons (Fsp3) is 0.417. The molecule has 0 bridgehead atoms. The third-order valence-electron chi connectivity index (χ3n) is 2.67. The van der Waals surface area contributed by atoms with Crippen LogP contribution in [0.3, 0.4) is 0 Å². The number of ether oxygens (including phenoxy) is 2. The molecule has 1 aromatic carbocycles. The maximum atomic E-state index is 13.2. The van der Waals surface area contributed by atoms with E-state index in [-0.39, 0.29) is 24.1 Å². The Bertz CT molecular complexity index is 414. The zero-order valence-corrected chi connectivity index (χ0v) is 9.12. The molecule has 0 aliphatic carbocycles. The van der Waals surface area contributed by atoms with Crippen molar-refractivity contribution >= 4 is 5.78 Å². The fourth-order valence-electron chi connectivity index (χ4n) is 1.65. The van der Waals surface area contributed by atoms with Crippen molar-refractivity contribution in [2.75, 3.05) is 19.8 Å². The molecule has 0 radical (unpaired) electrons. The SMILES string of the molecule is O=C(COc1cccc(F)c1F)C1CCOC1. The minimum Gasteiger partial charge on any atom is -0.483 e. The summed E-state index contributed by atoms with van der Waals surface area (Å²) in [6, 6.07) is 3.61. The number of hydrogen-bond donors (Lipinski definition) is 0. The minimum absolute atomic E-state index is 0.147. The van der Waals surface area contributed by atoms with E-state index < -0.39 is 11.6 Å². The van der Waals surface area contributed by atoms with Crippen molar-refractivity contribution in [1.29, 1.82) is 0 Å². The Morgan fingerprint density at radius 3 is 3.00 bits per heavy atom. The van der Waals surface area contributed by atoms with E-state index in [2.05, 4.69) is 0 Å². The van der Waals surface area contributed by atoms with E-state index in [1.54, 1.807) is 0 Å². The Morgan fingerprint density at radius 2 is 2.29 bits per heavy atom. The fourth-order valence-corrected chi connectivity index (χ4v) is 1.65. The molecule has 0 spiro atoms. The largest absolute Gasteiger partial charge is 0.483 e. The molecular weight excluding hydrogens is 230 g/mol. The van der Waals surface area contributed by atoms with Gasteiger partial charge in [-0.05, 0) is 18.6 Å². The van der Waals surface area contributed by atoms with Crippen LogP contribution in [0, 0.1) is 17.6 Å². The molecule has 1 saturated heterocycles. The molecule has 0 saturated carbocycles. The predicted octanol–water partition coefficient (Wildman–Crippen LogP) is 1.95. The lowest BCUT2D eigenvalue weighted by atomic mass is 10.0. The van der Waals surface area contributed by atoms with Crippen LogP contribution in [-0.4, -0.2) is 25.6 Å². The molecule has 5 heteroatoms. The van der Waals surface area contributed by atoms with Crippen molar-refractivity contribution in [2.45, 2.75) is 6.42 Å². The van der Waals surface area contributed by atoms with Gasteiger partial charge in [0.2, 0.25) is 5.82 Å². The van der Waals surface area contributed by atoms with Gasteiger partial charge < -0.3 is 9.47 Å². The number of halogens is 2. The molecule has 1 heterocycles. The lowest BCUT2D eigenvalue weighted by Crippen LogP contribution is -2.22. The van der Waals surface area contributed by atoms with E-state index >= 15 is 0 Å². The zero-order valence-electron chi connectivity index (χ0n) is 9.12. The molecule has 1 atom stereocenters. The number of hydrogen-bond acceptors (Lipinski definition) is 3. The van der Waals surface area contributed by atoms with Crippen LogP contribution in [0.25, 0.3) is 0 Å². The van der Waals surface area contributed by atoms with Gasteiger partial charge in [0.15, 0.2) is 17.3 Å². The van der Waals surface area contributed by atoms with Crippen LogP contribution in [-0.2, 0) is 9.53 Å². The highest BCUT2D eigenvalue weighted by atomic mass is 19.2. The third kappa shape index (κ3) is 2.79. The van der Waals surface area contributed by atoms with Gasteiger partial charge in [0.05, 0.1) is 6.61 Å². The molecule has 0 aromatic heterocycles. The van der Waals surface area contributed by atoms with Gasteiger partial charge >= 0.3 is 0 Å². The minimum atomic E-state index is -1.07. The first-order chi connectivity index (χ1) is 8.18. The van der Waals surface area contributed by atoms with Crippen molar-refractivity contribution in [3.63, 3.8) is 0 Å². The van der Waals surface area contributed by atoms with Crippen molar-refractivity contribution < 1.29 is 23.0 Å². The standard InChI is InChI=1S/C12H12F2O3/c13-9-2-1-3-11(12(9)14)17-7-10(15)8-4-5-16-6-8/h1-3,8H,4-7H2. The molecule has 1 aliphatic heterocycles. The van der Waals surface area contributed by atoms with Gasteiger partial charge in [-0.15, -0.1) is 0 Å². The average molecular weight is 242 g/mol. The van der Waals surface area contributed by atoms with Gasteiger partial charge in [-0.25, -0.2) is 4.39 Å². The zero-order chi connectivity index (χ0) is 12.3. The van der Waals surface area contributed by atoms with Gasteiger partial charge in [0, 0.05) is 12.5 Å². The Balaban J connectivity index is 1.93. The van der Waals surface area contributed by atoms with Gasteiger partial charge in [-0.2, -0.15) is 4.39 Å². The summed E-state index contributed by atoms with van der Waals surface area (Å²) in [6.07, 6.45) is 0.661. The van der Waals surface area contributed by atoms with Crippen molar-refractivity contribution in [1.82, 2.24) is 0 Å². The summed E-state index contributed by atoms with van der Waals surface area (Å²) in [5, 5.41) is 0. The maximum absolute atomic E-state index is 13.2. The number of carbonyl (C=O) groups excluding carboxylic acids is 1. The highest BCUT2D eigenvalue weighted by Gasteiger charge is 2.24. The second-order valence-electron chi connectivity index (χ2n) is 3.87. The van der Waals surface area contributed by atoms with Crippen molar-refractivity contribution in [2.24, 2.45) is 5.92 Å². The molecule has 92 valence electrons. The van der Waals surface area contributed by atoms with Crippen molar-refractivity contribution in [3.8, 4) is 5.75 Å². The van der Waals surface area contributed by atoms with Crippen LogP contribution in [0.1, 0.15) is 6.42 Å². The molecular formula is C12H12F2O3. The summed E-state index contributed by atoms with van der Waals surface area (Å²) in [6.45, 7) is 0.687. The molecule has 17 heavy (non-hydrogen) atoms. The Labute approximate surface area is 97.3 Å². The van der Waals surface area contributed by atoms with Crippen LogP contribution in [0.15, 0.2) is 18.2 Å². The van der Waals surface area contributed by atoms with E-state index in [4.69, 9.17) is 9.47 Å². The van der Waals surface area contributed by atoms with E-state index in [9.17, 15) is 13.6 Å². The van der Waals surface area contributed by atoms with Crippen LogP contribution in [0.2, 0.25) is 0 Å². The number of Topliss-reactive ketones (excluding diaryl/α,β-unsaturated/α-hetero) is 1. The summed E-state index contributed by atoms with van der Waals surface area (Å²) in [4.78, 5) is 11.6. The summed E-state index contributed by atoms with van der Waals surface area (Å²) >= 11 is 0. The number of carbonyl (C=O) groups is 1. The molecule has 0 N–H and O–H groups in total. The topological polar surface area (TPSA) is 35.5 Å². The Hall–Kier alpha value is -1.49. The maximum Gasteiger partial charge on any atom is 0.200 e. The quantitative estimate of drug-likeness (QED) is 0.809. The van der Waals surface area contributed by atoms with E-state index in [1.807, 2.05) is 0 Å². The molecule has 1 aliphatic rings. The van der Waals surface area contributed by atoms with Crippen molar-refractivity contribution in [3.05, 3.63) is 29.8 Å². The van der Waals surface area contributed by atoms with Crippen LogP contribution >= 0.6 is 0 Å². The Morgan fingerprint density at radius 1 is 1.47 bits per heavy atom. The monoisotopic (exact) mass is 242 g/mol. The first kappa shape index (κ1) is 12.0. The Kier molecular flexibility index (Phi) is 3.68. The molecule has 1 fully saturated rings. The molecule has 1 aromatic rings. The third-order valence-corrected chi connectivity index (χ3v) is 2.67. The molecule has 0 amide bonds. The van der Waals surface area contributed by atoms with E-state index in [0.29, 0.717) is 19.6 Å². The van der Waals surface area contributed by atoms with Crippen LogP contribution in [0.4, 0.5) is 8.78 Å². The normalized spacial score (nSPS) is 19.3. The highest BCUT2D eigenvalue weighted by molar-refractivity contribution is 5.82. The van der Waals surface area contributed by atoms with Gasteiger partial charge in [0.1, 0.15) is 6.61 Å². The van der Waals surface area contributed by atoms with Crippen LogP contribution < -0.4 is 4.74 Å². The summed E-state index contributed by atoms with van der Waals surface area (Å²) < 4.78 is 36.1. The number of benzene rings is 1. The van der Waals surface area contributed by atoms with Gasteiger partial charge in [-0.3, -0.25) is 4.79 Å². The van der Waals surface area contributed by atoms with E-state index in [0.717, 1.165) is 6.07 Å². The second kappa shape index (κ2) is 5.23. The van der Waals surface area contributed by atoms with Crippen LogP contribution in [0.5, 0.6) is 5.75 Å². The summed E-state index contributed by atoms with van der Waals surface area (Å²) in [7, 11) is 0. The van der Waals surface area contributed by atoms with Gasteiger partial charge in [-0.1, -0.05) is 6.07 Å².